The van der Waals surface area contributed by atoms with Gasteiger partial charge < -0.3 is 10.1 Å². The summed E-state index contributed by atoms with van der Waals surface area (Å²) in [6.07, 6.45) is 3.07. The second-order valence-corrected chi connectivity index (χ2v) is 5.60. The molecule has 0 spiro atoms. The smallest absolute Gasteiger partial charge is 0.250 e. The lowest BCUT2D eigenvalue weighted by atomic mass is 10.1. The van der Waals surface area contributed by atoms with Gasteiger partial charge in [-0.2, -0.15) is 0 Å². The van der Waals surface area contributed by atoms with Gasteiger partial charge in [-0.15, -0.1) is 0 Å². The number of Topliss-reactive ketones (excluding diaryl/α,β-unsaturated/α-hetero) is 1. The van der Waals surface area contributed by atoms with Gasteiger partial charge in [0.25, 0.3) is 0 Å². The number of carbonyl (C=O) groups is 2. The van der Waals surface area contributed by atoms with Crippen molar-refractivity contribution in [3.05, 3.63) is 65.7 Å². The number of ether oxygens (including phenoxy) is 1. The van der Waals surface area contributed by atoms with Gasteiger partial charge in [0.1, 0.15) is 5.75 Å². The van der Waals surface area contributed by atoms with Gasteiger partial charge in [0.05, 0.1) is 7.11 Å². The number of methoxy groups -OCH3 is 1. The fraction of sp³-hybridized carbons (Fsp3) is 0.105. The minimum atomic E-state index is -0.351. The Morgan fingerprint density at radius 1 is 1.12 bits per heavy atom. The summed E-state index contributed by atoms with van der Waals surface area (Å²) in [5.41, 5.74) is 2.07. The molecule has 0 fully saturated rings. The van der Waals surface area contributed by atoms with Gasteiger partial charge in [-0.3, -0.25) is 14.9 Å². The van der Waals surface area contributed by atoms with Crippen LogP contribution in [-0.4, -0.2) is 23.9 Å². The maximum atomic E-state index is 11.9. The zero-order valence-electron chi connectivity index (χ0n) is 13.9. The highest BCUT2D eigenvalue weighted by atomic mass is 32.1. The number of nitrogens with one attached hydrogen (secondary N) is 2. The summed E-state index contributed by atoms with van der Waals surface area (Å²) >= 11 is 5.11. The molecule has 0 unspecified atom stereocenters. The van der Waals surface area contributed by atoms with Gasteiger partial charge in [-0.05, 0) is 55.0 Å². The molecule has 0 aliphatic rings. The number of thiocarbonyl (C=S) groups is 1. The second-order valence-electron chi connectivity index (χ2n) is 5.19. The third-order valence-electron chi connectivity index (χ3n) is 3.31. The average molecular weight is 354 g/mol. The largest absolute Gasteiger partial charge is 0.497 e. The molecular weight excluding hydrogens is 336 g/mol. The van der Waals surface area contributed by atoms with Crippen LogP contribution >= 0.6 is 12.2 Å². The molecule has 0 aromatic heterocycles. The maximum absolute atomic E-state index is 11.9. The Labute approximate surface area is 151 Å². The van der Waals surface area contributed by atoms with E-state index in [1.165, 1.54) is 13.0 Å². The zero-order valence-corrected chi connectivity index (χ0v) is 14.7. The molecule has 0 saturated carbocycles. The topological polar surface area (TPSA) is 67.4 Å². The number of anilines is 1. The highest BCUT2D eigenvalue weighted by molar-refractivity contribution is 7.80. The summed E-state index contributed by atoms with van der Waals surface area (Å²) in [5, 5.41) is 5.59. The van der Waals surface area contributed by atoms with E-state index in [4.69, 9.17) is 17.0 Å². The van der Waals surface area contributed by atoms with Gasteiger partial charge >= 0.3 is 0 Å². The lowest BCUT2D eigenvalue weighted by Crippen LogP contribution is -2.32. The lowest BCUT2D eigenvalue weighted by molar-refractivity contribution is -0.115. The van der Waals surface area contributed by atoms with E-state index < -0.39 is 0 Å². The Morgan fingerprint density at radius 2 is 1.84 bits per heavy atom. The van der Waals surface area contributed by atoms with Crippen LogP contribution in [0.5, 0.6) is 5.75 Å². The molecule has 0 aliphatic carbocycles. The van der Waals surface area contributed by atoms with Crippen molar-refractivity contribution in [2.45, 2.75) is 6.92 Å². The highest BCUT2D eigenvalue weighted by Crippen LogP contribution is 2.12. The third kappa shape index (κ3) is 5.86. The van der Waals surface area contributed by atoms with Crippen LogP contribution in [0.4, 0.5) is 5.69 Å². The number of hydrogen-bond donors (Lipinski definition) is 2. The molecule has 6 heteroatoms. The molecule has 0 bridgehead atoms. The second kappa shape index (κ2) is 8.75. The molecule has 0 saturated heterocycles. The first kappa shape index (κ1) is 18.4. The van der Waals surface area contributed by atoms with Crippen molar-refractivity contribution in [2.75, 3.05) is 12.4 Å². The van der Waals surface area contributed by atoms with Crippen LogP contribution in [0.2, 0.25) is 0 Å². The summed E-state index contributed by atoms with van der Waals surface area (Å²) in [7, 11) is 1.60. The maximum Gasteiger partial charge on any atom is 0.250 e. The number of ketones is 1. The molecule has 25 heavy (non-hydrogen) atoms. The van der Waals surface area contributed by atoms with E-state index in [2.05, 4.69) is 10.6 Å². The van der Waals surface area contributed by atoms with Crippen molar-refractivity contribution in [1.29, 1.82) is 0 Å². The average Bonchev–Trinajstić information content (AvgIpc) is 2.60. The summed E-state index contributed by atoms with van der Waals surface area (Å²) in [6.45, 7) is 1.49. The minimum Gasteiger partial charge on any atom is -0.497 e. The highest BCUT2D eigenvalue weighted by Gasteiger charge is 2.04. The van der Waals surface area contributed by atoms with Crippen LogP contribution in [0.15, 0.2) is 54.6 Å². The predicted octanol–water partition coefficient (Wildman–Crippen LogP) is 3.42. The van der Waals surface area contributed by atoms with Crippen molar-refractivity contribution in [1.82, 2.24) is 5.32 Å². The minimum absolute atomic E-state index is 0.0407. The van der Waals surface area contributed by atoms with E-state index >= 15 is 0 Å². The van der Waals surface area contributed by atoms with Crippen LogP contribution in [0.1, 0.15) is 22.8 Å². The van der Waals surface area contributed by atoms with Crippen LogP contribution < -0.4 is 15.4 Å². The van der Waals surface area contributed by atoms with Gasteiger partial charge in [0.15, 0.2) is 10.9 Å². The normalized spacial score (nSPS) is 10.3. The Kier molecular flexibility index (Phi) is 6.42. The van der Waals surface area contributed by atoms with E-state index in [9.17, 15) is 9.59 Å². The SMILES string of the molecule is COc1ccc(C=CC(=O)NC(=S)Nc2cccc(C(C)=O)c2)cc1. The van der Waals surface area contributed by atoms with Gasteiger partial charge in [-0.25, -0.2) is 0 Å². The summed E-state index contributed by atoms with van der Waals surface area (Å²) in [4.78, 5) is 23.3. The number of benzene rings is 2. The molecule has 5 nitrogen and oxygen atoms in total. The molecule has 1 amide bonds. The molecule has 2 aromatic rings. The third-order valence-corrected chi connectivity index (χ3v) is 3.51. The van der Waals surface area contributed by atoms with Crippen molar-refractivity contribution >= 4 is 40.8 Å². The van der Waals surface area contributed by atoms with Gasteiger partial charge in [0.2, 0.25) is 5.91 Å². The van der Waals surface area contributed by atoms with Crippen LogP contribution in [0.25, 0.3) is 6.08 Å². The predicted molar refractivity (Wildman–Crippen MR) is 103 cm³/mol. The molecule has 0 heterocycles. The Balaban J connectivity index is 1.91. The molecule has 2 N–H and O–H groups in total. The zero-order chi connectivity index (χ0) is 18.2. The first-order chi connectivity index (χ1) is 12.0. The Morgan fingerprint density at radius 3 is 2.48 bits per heavy atom. The number of carbonyl (C=O) groups excluding carboxylic acids is 2. The fourth-order valence-electron chi connectivity index (χ4n) is 2.02. The molecular formula is C19H18N2O3S. The van der Waals surface area contributed by atoms with E-state index in [0.29, 0.717) is 11.3 Å². The molecule has 0 atom stereocenters. The lowest BCUT2D eigenvalue weighted by Gasteiger charge is -2.09. The summed E-state index contributed by atoms with van der Waals surface area (Å²) in [5.74, 6) is 0.358. The van der Waals surface area contributed by atoms with E-state index in [-0.39, 0.29) is 16.8 Å². The van der Waals surface area contributed by atoms with Gasteiger partial charge in [-0.1, -0.05) is 24.3 Å². The molecule has 2 rings (SSSR count). The quantitative estimate of drug-likeness (QED) is 0.489. The number of amides is 1. The van der Waals surface area contributed by atoms with Crippen LogP contribution in [-0.2, 0) is 4.79 Å². The fourth-order valence-corrected chi connectivity index (χ4v) is 2.24. The standard InChI is InChI=1S/C19H18N2O3S/c1-13(22)15-4-3-5-16(12-15)20-19(25)21-18(23)11-8-14-6-9-17(24-2)10-7-14/h3-12H,1-2H3,(H2,20,21,23,25). The summed E-state index contributed by atoms with van der Waals surface area (Å²) in [6, 6.07) is 14.2. The molecule has 0 aliphatic heterocycles. The molecule has 2 aromatic carbocycles. The Bertz CT molecular complexity index is 814. The van der Waals surface area contributed by atoms with E-state index in [1.807, 2.05) is 24.3 Å². The van der Waals surface area contributed by atoms with Crippen LogP contribution in [0, 0.1) is 0 Å². The van der Waals surface area contributed by atoms with Crippen molar-refractivity contribution in [3.63, 3.8) is 0 Å². The molecule has 0 radical (unpaired) electrons. The van der Waals surface area contributed by atoms with Crippen molar-refractivity contribution in [3.8, 4) is 5.75 Å². The van der Waals surface area contributed by atoms with E-state index in [1.54, 1.807) is 37.5 Å². The van der Waals surface area contributed by atoms with Gasteiger partial charge in [0, 0.05) is 17.3 Å². The first-order valence-electron chi connectivity index (χ1n) is 7.53. The number of rotatable bonds is 5. The van der Waals surface area contributed by atoms with Crippen molar-refractivity contribution < 1.29 is 14.3 Å². The monoisotopic (exact) mass is 354 g/mol. The first-order valence-corrected chi connectivity index (χ1v) is 7.94. The number of hydrogen-bond acceptors (Lipinski definition) is 4. The van der Waals surface area contributed by atoms with Crippen molar-refractivity contribution in [2.24, 2.45) is 0 Å². The summed E-state index contributed by atoms with van der Waals surface area (Å²) < 4.78 is 5.08. The molecule has 128 valence electrons. The Hall–Kier alpha value is -2.99. The van der Waals surface area contributed by atoms with E-state index in [0.717, 1.165) is 11.3 Å². The van der Waals surface area contributed by atoms with Crippen LogP contribution in [0.3, 0.4) is 0 Å².